The summed E-state index contributed by atoms with van der Waals surface area (Å²) < 4.78 is 5.85. The minimum Gasteiger partial charge on any atom is -0.365 e. The molecule has 7 nitrogen and oxygen atoms in total. The van der Waals surface area contributed by atoms with Gasteiger partial charge >= 0.3 is 0 Å². The maximum atomic E-state index is 12.0. The average molecular weight is 275 g/mol. The lowest BCUT2D eigenvalue weighted by Gasteiger charge is -2.13. The molecule has 3 heterocycles. The molecule has 0 aliphatic carbocycles. The Morgan fingerprint density at radius 1 is 1.55 bits per heavy atom. The van der Waals surface area contributed by atoms with Gasteiger partial charge in [0.25, 0.3) is 5.91 Å². The summed E-state index contributed by atoms with van der Waals surface area (Å²) in [7, 11) is 0. The van der Waals surface area contributed by atoms with Crippen LogP contribution in [-0.4, -0.2) is 38.7 Å². The van der Waals surface area contributed by atoms with Gasteiger partial charge in [0, 0.05) is 18.4 Å². The van der Waals surface area contributed by atoms with Crippen molar-refractivity contribution in [2.45, 2.75) is 32.0 Å². The predicted molar refractivity (Wildman–Crippen MR) is 71.1 cm³/mol. The molecule has 20 heavy (non-hydrogen) atoms. The average Bonchev–Trinajstić information content (AvgIpc) is 3.16. The maximum absolute atomic E-state index is 12.0. The number of hydrogen-bond donors (Lipinski definition) is 3. The molecule has 0 spiro atoms. The summed E-state index contributed by atoms with van der Waals surface area (Å²) in [6.45, 7) is 2.38. The Morgan fingerprint density at radius 3 is 3.15 bits per heavy atom. The number of aromatic amines is 2. The van der Waals surface area contributed by atoms with Crippen molar-refractivity contribution in [3.8, 4) is 0 Å². The van der Waals surface area contributed by atoms with E-state index in [0.717, 1.165) is 24.4 Å². The van der Waals surface area contributed by atoms with Crippen LogP contribution in [0.15, 0.2) is 18.6 Å². The molecule has 1 aliphatic rings. The van der Waals surface area contributed by atoms with Crippen molar-refractivity contribution < 1.29 is 9.53 Å². The molecule has 0 radical (unpaired) electrons. The predicted octanol–water partition coefficient (Wildman–Crippen LogP) is 1.09. The second-order valence-corrected chi connectivity index (χ2v) is 4.92. The number of carbonyl (C=O) groups excluding carboxylic acids is 1. The third-order valence-electron chi connectivity index (χ3n) is 3.53. The molecule has 7 heteroatoms. The molecule has 1 saturated heterocycles. The molecule has 0 unspecified atom stereocenters. The number of rotatable bonds is 4. The molecule has 0 aromatic carbocycles. The summed E-state index contributed by atoms with van der Waals surface area (Å²) in [5, 5.41) is 9.54. The summed E-state index contributed by atoms with van der Waals surface area (Å²) in [5.41, 5.74) is 1.55. The molecule has 0 saturated carbocycles. The fraction of sp³-hybridized carbons (Fsp3) is 0.462. The molecule has 106 valence electrons. The summed E-state index contributed by atoms with van der Waals surface area (Å²) in [5.74, 6) is 0.677. The molecule has 0 bridgehead atoms. The number of amides is 1. The van der Waals surface area contributed by atoms with E-state index >= 15 is 0 Å². The van der Waals surface area contributed by atoms with Gasteiger partial charge in [-0.25, -0.2) is 4.98 Å². The second kappa shape index (κ2) is 5.46. The van der Waals surface area contributed by atoms with Gasteiger partial charge in [0.05, 0.1) is 11.7 Å². The van der Waals surface area contributed by atoms with Gasteiger partial charge in [-0.1, -0.05) is 0 Å². The number of nitrogens with one attached hydrogen (secondary N) is 3. The van der Waals surface area contributed by atoms with Crippen LogP contribution in [0.1, 0.15) is 40.8 Å². The first-order chi connectivity index (χ1) is 9.74. The first kappa shape index (κ1) is 12.9. The summed E-state index contributed by atoms with van der Waals surface area (Å²) in [6, 6.07) is 1.78. The van der Waals surface area contributed by atoms with Crippen molar-refractivity contribution >= 4 is 5.91 Å². The Hall–Kier alpha value is -2.15. The lowest BCUT2D eigenvalue weighted by Crippen LogP contribution is -2.32. The van der Waals surface area contributed by atoms with Crippen molar-refractivity contribution in [3.63, 3.8) is 0 Å². The first-order valence-corrected chi connectivity index (χ1v) is 6.67. The Kier molecular flexibility index (Phi) is 3.51. The maximum Gasteiger partial charge on any atom is 0.253 e. The Balaban J connectivity index is 1.51. The monoisotopic (exact) mass is 275 g/mol. The van der Waals surface area contributed by atoms with E-state index in [4.69, 9.17) is 4.74 Å². The fourth-order valence-electron chi connectivity index (χ4n) is 2.43. The minimum absolute atomic E-state index is 0.0216. The van der Waals surface area contributed by atoms with Gasteiger partial charge in [0.2, 0.25) is 0 Å². The lowest BCUT2D eigenvalue weighted by molar-refractivity contribution is 0.0392. The molecule has 2 aromatic heterocycles. The zero-order valence-corrected chi connectivity index (χ0v) is 11.2. The molecule has 1 fully saturated rings. The van der Waals surface area contributed by atoms with Crippen molar-refractivity contribution in [3.05, 3.63) is 35.7 Å². The van der Waals surface area contributed by atoms with Gasteiger partial charge in [-0.3, -0.25) is 9.89 Å². The van der Waals surface area contributed by atoms with Crippen LogP contribution in [0.5, 0.6) is 0 Å². The van der Waals surface area contributed by atoms with Crippen molar-refractivity contribution in [2.24, 2.45) is 0 Å². The number of aryl methyl sites for hydroxylation is 1. The highest BCUT2D eigenvalue weighted by Gasteiger charge is 2.28. The van der Waals surface area contributed by atoms with E-state index in [1.54, 1.807) is 12.3 Å². The van der Waals surface area contributed by atoms with E-state index in [0.29, 0.717) is 12.1 Å². The SMILES string of the molecule is Cc1[nH]ccc1C(=O)NC[C@H]1CC[C@@H](c2ncn[nH]2)O1. The van der Waals surface area contributed by atoms with E-state index in [1.165, 1.54) is 6.33 Å². The molecule has 3 rings (SSSR count). The highest BCUT2D eigenvalue weighted by molar-refractivity contribution is 5.95. The number of hydrogen-bond acceptors (Lipinski definition) is 4. The van der Waals surface area contributed by atoms with Gasteiger partial charge in [-0.2, -0.15) is 5.10 Å². The highest BCUT2D eigenvalue weighted by atomic mass is 16.5. The van der Waals surface area contributed by atoms with Gasteiger partial charge in [-0.15, -0.1) is 0 Å². The summed E-state index contributed by atoms with van der Waals surface area (Å²) in [4.78, 5) is 19.1. The zero-order valence-electron chi connectivity index (χ0n) is 11.2. The van der Waals surface area contributed by atoms with E-state index in [1.807, 2.05) is 6.92 Å². The number of carbonyl (C=O) groups is 1. The van der Waals surface area contributed by atoms with E-state index < -0.39 is 0 Å². The molecular formula is C13H17N5O2. The van der Waals surface area contributed by atoms with Crippen molar-refractivity contribution in [1.82, 2.24) is 25.5 Å². The second-order valence-electron chi connectivity index (χ2n) is 4.92. The third kappa shape index (κ3) is 2.57. The van der Waals surface area contributed by atoms with Gasteiger partial charge in [0.1, 0.15) is 12.4 Å². The van der Waals surface area contributed by atoms with Crippen molar-refractivity contribution in [2.75, 3.05) is 6.54 Å². The van der Waals surface area contributed by atoms with Gasteiger partial charge < -0.3 is 15.0 Å². The lowest BCUT2D eigenvalue weighted by atomic mass is 10.2. The van der Waals surface area contributed by atoms with E-state index in [2.05, 4.69) is 25.5 Å². The summed E-state index contributed by atoms with van der Waals surface area (Å²) in [6.07, 6.45) is 5.00. The van der Waals surface area contributed by atoms with Crippen LogP contribution in [0.25, 0.3) is 0 Å². The van der Waals surface area contributed by atoms with Crippen LogP contribution in [0.2, 0.25) is 0 Å². The number of aromatic nitrogens is 4. The number of ether oxygens (including phenoxy) is 1. The van der Waals surface area contributed by atoms with E-state index in [-0.39, 0.29) is 18.1 Å². The van der Waals surface area contributed by atoms with Crippen molar-refractivity contribution in [1.29, 1.82) is 0 Å². The Morgan fingerprint density at radius 2 is 2.45 bits per heavy atom. The highest BCUT2D eigenvalue weighted by Crippen LogP contribution is 2.29. The number of H-pyrrole nitrogens is 2. The molecule has 2 aromatic rings. The van der Waals surface area contributed by atoms with Crippen LogP contribution >= 0.6 is 0 Å². The molecular weight excluding hydrogens is 258 g/mol. The normalized spacial score (nSPS) is 22.1. The van der Waals surface area contributed by atoms with E-state index in [9.17, 15) is 4.79 Å². The quantitative estimate of drug-likeness (QED) is 0.778. The molecule has 1 amide bonds. The molecule has 2 atom stereocenters. The molecule has 3 N–H and O–H groups in total. The van der Waals surface area contributed by atoms with Crippen LogP contribution in [0.3, 0.4) is 0 Å². The zero-order chi connectivity index (χ0) is 13.9. The van der Waals surface area contributed by atoms with Crippen LogP contribution < -0.4 is 5.32 Å². The van der Waals surface area contributed by atoms with Crippen LogP contribution in [-0.2, 0) is 4.74 Å². The smallest absolute Gasteiger partial charge is 0.253 e. The Bertz CT molecular complexity index is 577. The standard InChI is InChI=1S/C13H17N5O2/c1-8-10(4-5-14-8)13(19)15-6-9-2-3-11(20-9)12-16-7-17-18-12/h4-5,7,9,11,14H,2-3,6H2,1H3,(H,15,19)(H,16,17,18)/t9-,11+/m1/s1. The van der Waals surface area contributed by atoms with Gasteiger partial charge in [0.15, 0.2) is 5.82 Å². The number of nitrogens with zero attached hydrogens (tertiary/aromatic N) is 2. The summed E-state index contributed by atoms with van der Waals surface area (Å²) >= 11 is 0. The molecule has 1 aliphatic heterocycles. The van der Waals surface area contributed by atoms with Crippen LogP contribution in [0.4, 0.5) is 0 Å². The first-order valence-electron chi connectivity index (χ1n) is 6.67. The van der Waals surface area contributed by atoms with Crippen LogP contribution in [0, 0.1) is 6.92 Å². The Labute approximate surface area is 116 Å². The fourth-order valence-corrected chi connectivity index (χ4v) is 2.43. The topological polar surface area (TPSA) is 95.7 Å². The largest absolute Gasteiger partial charge is 0.365 e. The minimum atomic E-state index is -0.0736. The third-order valence-corrected chi connectivity index (χ3v) is 3.53. The van der Waals surface area contributed by atoms with Gasteiger partial charge in [-0.05, 0) is 25.8 Å².